The number of nitrogens with two attached hydrogens (primary N) is 1. The number of rotatable bonds is 4. The van der Waals surface area contributed by atoms with Gasteiger partial charge < -0.3 is 20.9 Å². The van der Waals surface area contributed by atoms with E-state index in [1.54, 1.807) is 12.3 Å². The fourth-order valence-corrected chi connectivity index (χ4v) is 3.87. The molecule has 0 radical (unpaired) electrons. The highest BCUT2D eigenvalue weighted by molar-refractivity contribution is 5.93. The van der Waals surface area contributed by atoms with Crippen LogP contribution in [0.2, 0.25) is 0 Å². The number of piperazine rings is 1. The molecule has 2 aromatic carbocycles. The summed E-state index contributed by atoms with van der Waals surface area (Å²) in [5.41, 5.74) is 11.4. The maximum atomic E-state index is 5.95. The molecule has 1 aliphatic rings. The van der Waals surface area contributed by atoms with Crippen molar-refractivity contribution in [2.45, 2.75) is 0 Å². The lowest BCUT2D eigenvalue weighted by Crippen LogP contribution is -2.44. The molecule has 0 aliphatic carbocycles. The Kier molecular flexibility index (Phi) is 5.09. The van der Waals surface area contributed by atoms with E-state index in [0.717, 1.165) is 54.0 Å². The minimum absolute atomic E-state index is 0.552. The van der Waals surface area contributed by atoms with E-state index >= 15 is 0 Å². The van der Waals surface area contributed by atoms with Crippen LogP contribution in [-0.2, 0) is 0 Å². The number of hydrogen-bond donors (Lipinski definition) is 2. The van der Waals surface area contributed by atoms with E-state index in [4.69, 9.17) is 10.7 Å². The van der Waals surface area contributed by atoms with Crippen LogP contribution in [0.5, 0.6) is 0 Å². The molecule has 0 unspecified atom stereocenters. The molecule has 0 atom stereocenters. The van der Waals surface area contributed by atoms with E-state index in [0.29, 0.717) is 11.6 Å². The largest absolute Gasteiger partial charge is 0.399 e. The summed E-state index contributed by atoms with van der Waals surface area (Å²) >= 11 is 0. The zero-order valence-electron chi connectivity index (χ0n) is 17.5. The molecule has 1 aliphatic heterocycles. The summed E-state index contributed by atoms with van der Waals surface area (Å²) in [6.07, 6.45) is 3.55. The van der Waals surface area contributed by atoms with E-state index in [1.165, 1.54) is 5.69 Å². The molecule has 3 heterocycles. The topological polar surface area (TPSA) is 83.2 Å². The van der Waals surface area contributed by atoms with E-state index < -0.39 is 0 Å². The summed E-state index contributed by atoms with van der Waals surface area (Å²) in [5, 5.41) is 4.29. The molecule has 5 rings (SSSR count). The molecule has 0 spiro atoms. The predicted molar refractivity (Wildman–Crippen MR) is 127 cm³/mol. The van der Waals surface area contributed by atoms with Crippen molar-refractivity contribution in [2.24, 2.45) is 0 Å². The van der Waals surface area contributed by atoms with Crippen LogP contribution in [0.4, 0.5) is 23.0 Å². The summed E-state index contributed by atoms with van der Waals surface area (Å²) < 4.78 is 0. The average molecular weight is 412 g/mol. The predicted octanol–water partition coefficient (Wildman–Crippen LogP) is 3.77. The van der Waals surface area contributed by atoms with Crippen LogP contribution in [0, 0.1) is 0 Å². The first-order valence-corrected chi connectivity index (χ1v) is 10.4. The van der Waals surface area contributed by atoms with Gasteiger partial charge in [-0.25, -0.2) is 9.97 Å². The first kappa shape index (κ1) is 19.3. The Bertz CT molecular complexity index is 1200. The molecular formula is C24H25N7. The molecule has 7 nitrogen and oxygen atoms in total. The van der Waals surface area contributed by atoms with Gasteiger partial charge in [0, 0.05) is 66.6 Å². The fraction of sp³-hybridized carbons (Fsp3) is 0.208. The monoisotopic (exact) mass is 411 g/mol. The second-order valence-corrected chi connectivity index (χ2v) is 7.87. The molecule has 2 aromatic heterocycles. The van der Waals surface area contributed by atoms with Crippen molar-refractivity contribution in [3.63, 3.8) is 0 Å². The quantitative estimate of drug-likeness (QED) is 0.529. The number of nitrogen functional groups attached to an aromatic ring is 1. The maximum Gasteiger partial charge on any atom is 0.227 e. The molecule has 31 heavy (non-hydrogen) atoms. The SMILES string of the molecule is CN1CCN(c2ccc(Nc3ncc4cccc(-c5cc(N)ccn5)c4n3)cc2)CC1. The molecule has 0 bridgehead atoms. The molecule has 4 aromatic rings. The Labute approximate surface area is 181 Å². The van der Waals surface area contributed by atoms with Crippen LogP contribution in [0.15, 0.2) is 67.0 Å². The van der Waals surface area contributed by atoms with Gasteiger partial charge in [-0.2, -0.15) is 0 Å². The third kappa shape index (κ3) is 4.13. The lowest BCUT2D eigenvalue weighted by atomic mass is 10.1. The van der Waals surface area contributed by atoms with Gasteiger partial charge in [0.05, 0.1) is 11.2 Å². The standard InChI is InChI=1S/C24H25N7/c1-30-11-13-31(14-12-30)20-7-5-19(6-8-20)28-24-27-16-17-3-2-4-21(23(17)29-24)22-15-18(25)9-10-26-22/h2-10,15-16H,11-14H2,1H3,(H2,25,26)(H,27,28,29). The molecule has 0 saturated carbocycles. The first-order chi connectivity index (χ1) is 15.2. The van der Waals surface area contributed by atoms with Gasteiger partial charge in [0.25, 0.3) is 0 Å². The Morgan fingerprint density at radius 1 is 0.935 bits per heavy atom. The first-order valence-electron chi connectivity index (χ1n) is 10.4. The second kappa shape index (κ2) is 8.20. The number of anilines is 4. The van der Waals surface area contributed by atoms with Gasteiger partial charge in [-0.15, -0.1) is 0 Å². The van der Waals surface area contributed by atoms with Crippen molar-refractivity contribution < 1.29 is 0 Å². The highest BCUT2D eigenvalue weighted by Gasteiger charge is 2.14. The number of nitrogens with zero attached hydrogens (tertiary/aromatic N) is 5. The van der Waals surface area contributed by atoms with E-state index in [-0.39, 0.29) is 0 Å². The van der Waals surface area contributed by atoms with Gasteiger partial charge >= 0.3 is 0 Å². The average Bonchev–Trinajstić information content (AvgIpc) is 2.80. The zero-order valence-corrected chi connectivity index (χ0v) is 17.5. The number of hydrogen-bond acceptors (Lipinski definition) is 7. The minimum atomic E-state index is 0.552. The van der Waals surface area contributed by atoms with Crippen LogP contribution in [0.25, 0.3) is 22.2 Å². The lowest BCUT2D eigenvalue weighted by molar-refractivity contribution is 0.313. The van der Waals surface area contributed by atoms with Gasteiger partial charge in [0.1, 0.15) is 0 Å². The number of para-hydroxylation sites is 1. The summed E-state index contributed by atoms with van der Waals surface area (Å²) in [7, 11) is 2.17. The second-order valence-electron chi connectivity index (χ2n) is 7.87. The normalized spacial score (nSPS) is 14.7. The summed E-state index contributed by atoms with van der Waals surface area (Å²) in [4.78, 5) is 18.5. The van der Waals surface area contributed by atoms with Crippen molar-refractivity contribution in [1.29, 1.82) is 0 Å². The van der Waals surface area contributed by atoms with E-state index in [1.807, 2.05) is 30.5 Å². The van der Waals surface area contributed by atoms with Crippen molar-refractivity contribution in [2.75, 3.05) is 49.2 Å². The van der Waals surface area contributed by atoms with Gasteiger partial charge in [0.2, 0.25) is 5.95 Å². The number of nitrogens with one attached hydrogen (secondary N) is 1. The van der Waals surface area contributed by atoms with Crippen LogP contribution >= 0.6 is 0 Å². The fourth-order valence-electron chi connectivity index (χ4n) is 3.87. The van der Waals surface area contributed by atoms with Gasteiger partial charge in [-0.3, -0.25) is 4.98 Å². The number of benzene rings is 2. The summed E-state index contributed by atoms with van der Waals surface area (Å²) in [6, 6.07) is 18.1. The summed E-state index contributed by atoms with van der Waals surface area (Å²) in [5.74, 6) is 0.552. The van der Waals surface area contributed by atoms with Crippen LogP contribution in [0.3, 0.4) is 0 Å². The van der Waals surface area contributed by atoms with Gasteiger partial charge in [-0.05, 0) is 43.4 Å². The van der Waals surface area contributed by atoms with Crippen LogP contribution in [-0.4, -0.2) is 53.1 Å². The molecular weight excluding hydrogens is 386 g/mol. The lowest BCUT2D eigenvalue weighted by Gasteiger charge is -2.34. The zero-order chi connectivity index (χ0) is 21.2. The van der Waals surface area contributed by atoms with Crippen LogP contribution in [0.1, 0.15) is 0 Å². The smallest absolute Gasteiger partial charge is 0.227 e. The van der Waals surface area contributed by atoms with Gasteiger partial charge in [-0.1, -0.05) is 18.2 Å². The van der Waals surface area contributed by atoms with Crippen molar-refractivity contribution >= 4 is 33.9 Å². The van der Waals surface area contributed by atoms with E-state index in [2.05, 4.69) is 56.4 Å². The maximum absolute atomic E-state index is 5.95. The third-order valence-electron chi connectivity index (χ3n) is 5.66. The Balaban J connectivity index is 1.40. The number of aromatic nitrogens is 3. The summed E-state index contributed by atoms with van der Waals surface area (Å²) in [6.45, 7) is 4.29. The van der Waals surface area contributed by atoms with Crippen molar-refractivity contribution in [1.82, 2.24) is 19.9 Å². The molecule has 3 N–H and O–H groups in total. The van der Waals surface area contributed by atoms with Gasteiger partial charge in [0.15, 0.2) is 0 Å². The molecule has 1 saturated heterocycles. The van der Waals surface area contributed by atoms with E-state index in [9.17, 15) is 0 Å². The molecule has 7 heteroatoms. The number of fused-ring (bicyclic) bond motifs is 1. The molecule has 0 amide bonds. The molecule has 156 valence electrons. The van der Waals surface area contributed by atoms with Crippen LogP contribution < -0.4 is 16.0 Å². The Hall–Kier alpha value is -3.71. The highest BCUT2D eigenvalue weighted by Crippen LogP contribution is 2.28. The highest BCUT2D eigenvalue weighted by atomic mass is 15.2. The third-order valence-corrected chi connectivity index (χ3v) is 5.66. The Morgan fingerprint density at radius 3 is 2.52 bits per heavy atom. The van der Waals surface area contributed by atoms with Crippen molar-refractivity contribution in [3.8, 4) is 11.3 Å². The Morgan fingerprint density at radius 2 is 1.74 bits per heavy atom. The minimum Gasteiger partial charge on any atom is -0.399 e. The number of likely N-dealkylation sites (N-methyl/N-ethyl adjacent to an activating group) is 1. The van der Waals surface area contributed by atoms with Crippen molar-refractivity contribution in [3.05, 3.63) is 67.0 Å². The molecule has 1 fully saturated rings. The number of pyridine rings is 1.